The smallest absolute Gasteiger partial charge is 0.227 e. The van der Waals surface area contributed by atoms with Gasteiger partial charge in [0.15, 0.2) is 0 Å². The number of carbonyl (C=O) groups excluding carboxylic acids is 1. The van der Waals surface area contributed by atoms with Crippen LogP contribution in [0.5, 0.6) is 0 Å². The van der Waals surface area contributed by atoms with Gasteiger partial charge in [0, 0.05) is 19.1 Å². The Labute approximate surface area is 116 Å². The average molecular weight is 260 g/mol. The SMILES string of the molecule is CNCC1CCCCN1C(=O)Cc1ccc(C)cc1. The minimum absolute atomic E-state index is 0.267. The largest absolute Gasteiger partial charge is 0.338 e. The van der Waals surface area contributed by atoms with Crippen molar-refractivity contribution in [2.75, 3.05) is 20.1 Å². The number of aryl methyl sites for hydroxylation is 1. The van der Waals surface area contributed by atoms with Gasteiger partial charge in [-0.3, -0.25) is 4.79 Å². The molecule has 0 aliphatic carbocycles. The van der Waals surface area contributed by atoms with Crippen LogP contribution in [-0.2, 0) is 11.2 Å². The third kappa shape index (κ3) is 3.80. The molecule has 1 aromatic rings. The molecule has 1 aliphatic heterocycles. The van der Waals surface area contributed by atoms with Crippen molar-refractivity contribution < 1.29 is 4.79 Å². The Morgan fingerprint density at radius 3 is 2.74 bits per heavy atom. The molecule has 1 aromatic carbocycles. The van der Waals surface area contributed by atoms with E-state index >= 15 is 0 Å². The summed E-state index contributed by atoms with van der Waals surface area (Å²) in [5, 5.41) is 3.20. The number of nitrogens with one attached hydrogen (secondary N) is 1. The maximum atomic E-state index is 12.4. The molecule has 104 valence electrons. The van der Waals surface area contributed by atoms with E-state index in [0.717, 1.165) is 31.5 Å². The maximum Gasteiger partial charge on any atom is 0.227 e. The number of carbonyl (C=O) groups is 1. The van der Waals surface area contributed by atoms with Crippen molar-refractivity contribution in [1.82, 2.24) is 10.2 Å². The minimum atomic E-state index is 0.267. The molecule has 2 rings (SSSR count). The summed E-state index contributed by atoms with van der Waals surface area (Å²) in [7, 11) is 1.96. The van der Waals surface area contributed by atoms with Gasteiger partial charge in [0.1, 0.15) is 0 Å². The van der Waals surface area contributed by atoms with Crippen molar-refractivity contribution in [2.24, 2.45) is 0 Å². The highest BCUT2D eigenvalue weighted by molar-refractivity contribution is 5.79. The van der Waals surface area contributed by atoms with Gasteiger partial charge in [-0.15, -0.1) is 0 Å². The highest BCUT2D eigenvalue weighted by Crippen LogP contribution is 2.18. The van der Waals surface area contributed by atoms with Crippen molar-refractivity contribution in [3.8, 4) is 0 Å². The Bertz CT molecular complexity index is 411. The Morgan fingerprint density at radius 2 is 2.05 bits per heavy atom. The second kappa shape index (κ2) is 6.71. The highest BCUT2D eigenvalue weighted by atomic mass is 16.2. The highest BCUT2D eigenvalue weighted by Gasteiger charge is 2.25. The molecule has 1 atom stereocenters. The molecule has 1 aliphatic rings. The van der Waals surface area contributed by atoms with E-state index in [9.17, 15) is 4.79 Å². The second-order valence-corrected chi connectivity index (χ2v) is 5.46. The van der Waals surface area contributed by atoms with E-state index in [4.69, 9.17) is 0 Å². The third-order valence-corrected chi connectivity index (χ3v) is 3.86. The zero-order chi connectivity index (χ0) is 13.7. The fourth-order valence-electron chi connectivity index (χ4n) is 2.76. The van der Waals surface area contributed by atoms with E-state index in [-0.39, 0.29) is 5.91 Å². The molecule has 0 saturated carbocycles. The number of likely N-dealkylation sites (tertiary alicyclic amines) is 1. The molecule has 3 heteroatoms. The zero-order valence-corrected chi connectivity index (χ0v) is 12.0. The second-order valence-electron chi connectivity index (χ2n) is 5.46. The summed E-state index contributed by atoms with van der Waals surface area (Å²) >= 11 is 0. The lowest BCUT2D eigenvalue weighted by molar-refractivity contribution is -0.134. The summed E-state index contributed by atoms with van der Waals surface area (Å²) in [4.78, 5) is 14.5. The predicted molar refractivity (Wildman–Crippen MR) is 78.2 cm³/mol. The molecule has 1 amide bonds. The van der Waals surface area contributed by atoms with Crippen LogP contribution in [0.3, 0.4) is 0 Å². The van der Waals surface area contributed by atoms with Gasteiger partial charge >= 0.3 is 0 Å². The van der Waals surface area contributed by atoms with Gasteiger partial charge in [-0.1, -0.05) is 29.8 Å². The van der Waals surface area contributed by atoms with Gasteiger partial charge in [0.05, 0.1) is 6.42 Å². The molecule has 1 N–H and O–H groups in total. The number of amides is 1. The number of likely N-dealkylation sites (N-methyl/N-ethyl adjacent to an activating group) is 1. The third-order valence-electron chi connectivity index (χ3n) is 3.86. The van der Waals surface area contributed by atoms with E-state index in [0.29, 0.717) is 12.5 Å². The van der Waals surface area contributed by atoms with Gasteiger partial charge in [-0.2, -0.15) is 0 Å². The Kier molecular flexibility index (Phi) is 4.97. The molecule has 3 nitrogen and oxygen atoms in total. The summed E-state index contributed by atoms with van der Waals surface area (Å²) in [6, 6.07) is 8.64. The zero-order valence-electron chi connectivity index (χ0n) is 12.0. The summed E-state index contributed by atoms with van der Waals surface area (Å²) < 4.78 is 0. The summed E-state index contributed by atoms with van der Waals surface area (Å²) in [6.07, 6.45) is 4.03. The van der Waals surface area contributed by atoms with Crippen molar-refractivity contribution in [3.63, 3.8) is 0 Å². The van der Waals surface area contributed by atoms with Crippen molar-refractivity contribution in [1.29, 1.82) is 0 Å². The van der Waals surface area contributed by atoms with Gasteiger partial charge in [0.2, 0.25) is 5.91 Å². The number of hydrogen-bond acceptors (Lipinski definition) is 2. The molecule has 0 aromatic heterocycles. The maximum absolute atomic E-state index is 12.4. The minimum Gasteiger partial charge on any atom is -0.338 e. The summed E-state index contributed by atoms with van der Waals surface area (Å²) in [5.41, 5.74) is 2.35. The van der Waals surface area contributed by atoms with Crippen LogP contribution in [0.15, 0.2) is 24.3 Å². The number of hydrogen-bond donors (Lipinski definition) is 1. The Morgan fingerprint density at radius 1 is 1.32 bits per heavy atom. The number of rotatable bonds is 4. The van der Waals surface area contributed by atoms with Crippen LogP contribution in [-0.4, -0.2) is 37.0 Å². The van der Waals surface area contributed by atoms with E-state index in [1.165, 1.54) is 12.0 Å². The predicted octanol–water partition coefficient (Wildman–Crippen LogP) is 2.14. The molecule has 0 spiro atoms. The standard InChI is InChI=1S/C16H24N2O/c1-13-6-8-14(9-7-13)11-16(19)18-10-4-3-5-15(18)12-17-2/h6-9,15,17H,3-5,10-12H2,1-2H3. The normalized spacial score (nSPS) is 19.5. The van der Waals surface area contributed by atoms with Gasteiger partial charge in [-0.05, 0) is 38.8 Å². The molecule has 1 fully saturated rings. The van der Waals surface area contributed by atoms with Crippen molar-refractivity contribution in [2.45, 2.75) is 38.6 Å². The molecule has 1 heterocycles. The van der Waals surface area contributed by atoms with E-state index in [2.05, 4.69) is 41.4 Å². The van der Waals surface area contributed by atoms with Gasteiger partial charge < -0.3 is 10.2 Å². The Balaban J connectivity index is 1.99. The van der Waals surface area contributed by atoms with Crippen LogP contribution in [0.25, 0.3) is 0 Å². The summed E-state index contributed by atoms with van der Waals surface area (Å²) in [5.74, 6) is 0.267. The lowest BCUT2D eigenvalue weighted by atomic mass is 10.0. The fraction of sp³-hybridized carbons (Fsp3) is 0.562. The molecular weight excluding hydrogens is 236 g/mol. The van der Waals surface area contributed by atoms with Crippen molar-refractivity contribution in [3.05, 3.63) is 35.4 Å². The first kappa shape index (κ1) is 14.1. The molecular formula is C16H24N2O. The topological polar surface area (TPSA) is 32.3 Å². The van der Waals surface area contributed by atoms with Gasteiger partial charge in [0.25, 0.3) is 0 Å². The van der Waals surface area contributed by atoms with E-state index < -0.39 is 0 Å². The van der Waals surface area contributed by atoms with Crippen LogP contribution >= 0.6 is 0 Å². The van der Waals surface area contributed by atoms with Crippen LogP contribution in [0.1, 0.15) is 30.4 Å². The molecule has 0 radical (unpaired) electrons. The number of piperidine rings is 1. The number of benzene rings is 1. The van der Waals surface area contributed by atoms with E-state index in [1.807, 2.05) is 7.05 Å². The average Bonchev–Trinajstić information content (AvgIpc) is 2.42. The number of nitrogens with zero attached hydrogens (tertiary/aromatic N) is 1. The van der Waals surface area contributed by atoms with Crippen LogP contribution in [0, 0.1) is 6.92 Å². The Hall–Kier alpha value is -1.35. The monoisotopic (exact) mass is 260 g/mol. The van der Waals surface area contributed by atoms with Crippen LogP contribution in [0.4, 0.5) is 0 Å². The molecule has 0 bridgehead atoms. The van der Waals surface area contributed by atoms with Gasteiger partial charge in [-0.25, -0.2) is 0 Å². The van der Waals surface area contributed by atoms with Crippen molar-refractivity contribution >= 4 is 5.91 Å². The van der Waals surface area contributed by atoms with E-state index in [1.54, 1.807) is 0 Å². The first-order valence-corrected chi connectivity index (χ1v) is 7.20. The lowest BCUT2D eigenvalue weighted by Gasteiger charge is -2.36. The lowest BCUT2D eigenvalue weighted by Crippen LogP contribution is -2.48. The quantitative estimate of drug-likeness (QED) is 0.899. The summed E-state index contributed by atoms with van der Waals surface area (Å²) in [6.45, 7) is 3.88. The molecule has 1 saturated heterocycles. The first-order chi connectivity index (χ1) is 9.20. The molecule has 1 unspecified atom stereocenters. The first-order valence-electron chi connectivity index (χ1n) is 7.20. The van der Waals surface area contributed by atoms with Crippen LogP contribution in [0.2, 0.25) is 0 Å². The molecule has 19 heavy (non-hydrogen) atoms. The fourth-order valence-corrected chi connectivity index (χ4v) is 2.76. The van der Waals surface area contributed by atoms with Crippen LogP contribution < -0.4 is 5.32 Å².